The maximum atomic E-state index is 16.0. The second kappa shape index (κ2) is 11.6. The lowest BCUT2D eigenvalue weighted by molar-refractivity contribution is 0.220. The van der Waals surface area contributed by atoms with Crippen molar-refractivity contribution in [1.82, 2.24) is 24.4 Å². The number of halogens is 2. The van der Waals surface area contributed by atoms with E-state index in [0.717, 1.165) is 17.0 Å². The van der Waals surface area contributed by atoms with Crippen LogP contribution in [0.2, 0.25) is 0 Å². The van der Waals surface area contributed by atoms with Crippen molar-refractivity contribution in [2.24, 2.45) is 0 Å². The van der Waals surface area contributed by atoms with Crippen molar-refractivity contribution in [1.29, 1.82) is 0 Å². The smallest absolute Gasteiger partial charge is 0.154 e. The Hall–Kier alpha value is -3.44. The lowest BCUT2D eigenvalue weighted by atomic mass is 10.0. The zero-order chi connectivity index (χ0) is 35.2. The van der Waals surface area contributed by atoms with E-state index in [1.165, 1.54) is 46.5 Å². The molecule has 40 heavy (non-hydrogen) atoms. The number of rotatable bonds is 9. The Morgan fingerprint density at radius 3 is 2.62 bits per heavy atom. The Bertz CT molecular complexity index is 1900. The highest BCUT2D eigenvalue weighted by molar-refractivity contribution is 7.90. The van der Waals surface area contributed by atoms with Crippen molar-refractivity contribution in [2.45, 2.75) is 44.8 Å². The molecule has 1 aliphatic rings. The number of sulfone groups is 1. The van der Waals surface area contributed by atoms with E-state index in [0.29, 0.717) is 17.5 Å². The Morgan fingerprint density at radius 1 is 1.15 bits per heavy atom. The molecular weight excluding hydrogens is 534 g/mol. The normalized spacial score (nSPS) is 19.1. The zero-order valence-electron chi connectivity index (χ0n) is 29.8. The maximum Gasteiger partial charge on any atom is 0.154 e. The molecule has 0 atom stereocenters. The van der Waals surface area contributed by atoms with Crippen LogP contribution in [0, 0.1) is 11.6 Å². The molecule has 0 saturated carbocycles. The van der Waals surface area contributed by atoms with Crippen molar-refractivity contribution < 1.29 is 28.2 Å². The number of piperidine rings is 1. The van der Waals surface area contributed by atoms with Gasteiger partial charge in [-0.3, -0.25) is 0 Å². The van der Waals surface area contributed by atoms with E-state index in [1.807, 2.05) is 0 Å². The number of fused-ring (bicyclic) bond motifs is 1. The molecule has 4 heterocycles. The van der Waals surface area contributed by atoms with E-state index < -0.39 is 59.3 Å². The molecule has 212 valence electrons. The van der Waals surface area contributed by atoms with Gasteiger partial charge in [-0.2, -0.15) is 0 Å². The molecule has 0 amide bonds. The van der Waals surface area contributed by atoms with Crippen molar-refractivity contribution in [3.8, 4) is 16.8 Å². The van der Waals surface area contributed by atoms with Crippen LogP contribution in [0.25, 0.3) is 27.8 Å². The molecule has 0 N–H and O–H groups in total. The highest BCUT2D eigenvalue weighted by Gasteiger charge is 2.26. The predicted octanol–water partition coefficient (Wildman–Crippen LogP) is 5.01. The van der Waals surface area contributed by atoms with Gasteiger partial charge in [0.2, 0.25) is 0 Å². The average Bonchev–Trinajstić information content (AvgIpc) is 3.37. The number of pyridine rings is 1. The first-order valence-corrected chi connectivity index (χ1v) is 14.7. The molecule has 0 aliphatic carbocycles. The third-order valence-electron chi connectivity index (χ3n) is 7.02. The summed E-state index contributed by atoms with van der Waals surface area (Å²) < 4.78 is 122. The molecular formula is C29H34F2N6O2S. The van der Waals surface area contributed by atoms with E-state index in [9.17, 15) is 8.42 Å². The van der Waals surface area contributed by atoms with Crippen LogP contribution in [-0.4, -0.2) is 71.2 Å². The Labute approximate surface area is 244 Å². The molecule has 11 heteroatoms. The molecule has 4 aromatic rings. The largest absolute Gasteiger partial charge is 0.357 e. The molecule has 0 bridgehead atoms. The summed E-state index contributed by atoms with van der Waals surface area (Å²) in [6.45, 7) is -6.57. The average molecular weight is 577 g/mol. The summed E-state index contributed by atoms with van der Waals surface area (Å²) in [6, 6.07) is 4.28. The molecule has 3 aromatic heterocycles. The van der Waals surface area contributed by atoms with Gasteiger partial charge < -0.3 is 14.4 Å². The summed E-state index contributed by atoms with van der Waals surface area (Å²) >= 11 is 0. The summed E-state index contributed by atoms with van der Waals surface area (Å²) in [5.41, 5.74) is 0.338. The van der Waals surface area contributed by atoms with Gasteiger partial charge in [0, 0.05) is 72.4 Å². The van der Waals surface area contributed by atoms with Crippen molar-refractivity contribution in [2.75, 3.05) is 37.2 Å². The fraction of sp³-hybridized carbons (Fsp3) is 0.414. The van der Waals surface area contributed by atoms with Crippen molar-refractivity contribution >= 4 is 26.7 Å². The fourth-order valence-electron chi connectivity index (χ4n) is 5.02. The standard InChI is InChI=1S/C29H34F2N6O2S/c1-4-14-40(38,39)18-20-6-7-24(30)29(27(20)31)37-17-23(21-15-32-19-33-16-21)28-25(37)8-9-26(34-28)35(3)22-10-12-36(5-2)13-11-22/h6-9,15-17,19,22H,4-5,10-14,18H2,1-3H3/i2D3,3D3,5D2. The van der Waals surface area contributed by atoms with E-state index >= 15 is 8.78 Å². The van der Waals surface area contributed by atoms with Gasteiger partial charge in [0.25, 0.3) is 0 Å². The minimum Gasteiger partial charge on any atom is -0.357 e. The van der Waals surface area contributed by atoms with Crippen molar-refractivity contribution in [3.63, 3.8) is 0 Å². The maximum absolute atomic E-state index is 16.0. The molecule has 1 aliphatic heterocycles. The first-order chi connectivity index (χ1) is 22.4. The Kier molecular flexibility index (Phi) is 5.68. The molecule has 0 radical (unpaired) electrons. The monoisotopic (exact) mass is 576 g/mol. The number of benzene rings is 1. The molecule has 8 nitrogen and oxygen atoms in total. The number of nitrogens with zero attached hydrogens (tertiary/aromatic N) is 6. The zero-order valence-corrected chi connectivity index (χ0v) is 22.6. The van der Waals surface area contributed by atoms with Gasteiger partial charge in [0.1, 0.15) is 23.6 Å². The van der Waals surface area contributed by atoms with E-state index in [4.69, 9.17) is 11.0 Å². The van der Waals surface area contributed by atoms with Gasteiger partial charge >= 0.3 is 0 Å². The van der Waals surface area contributed by atoms with Gasteiger partial charge in [-0.05, 0) is 44.0 Å². The predicted molar refractivity (Wildman–Crippen MR) is 153 cm³/mol. The highest BCUT2D eigenvalue weighted by Crippen LogP contribution is 2.35. The van der Waals surface area contributed by atoms with Crippen LogP contribution in [0.4, 0.5) is 14.6 Å². The van der Waals surface area contributed by atoms with Gasteiger partial charge in [-0.1, -0.05) is 19.8 Å². The molecule has 0 unspecified atom stereocenters. The topological polar surface area (TPSA) is 84.2 Å². The highest BCUT2D eigenvalue weighted by atomic mass is 32.2. The number of hydrogen-bond donors (Lipinski definition) is 0. The minimum atomic E-state index is -3.67. The molecule has 1 aromatic carbocycles. The lowest BCUT2D eigenvalue weighted by Gasteiger charge is -2.36. The van der Waals surface area contributed by atoms with E-state index in [1.54, 1.807) is 6.92 Å². The third kappa shape index (κ3) is 5.57. The van der Waals surface area contributed by atoms with Crippen LogP contribution in [0.5, 0.6) is 0 Å². The Balaban J connectivity index is 1.62. The third-order valence-corrected chi connectivity index (χ3v) is 8.80. The summed E-state index contributed by atoms with van der Waals surface area (Å²) in [6.07, 6.45) is 6.19. The summed E-state index contributed by atoms with van der Waals surface area (Å²) in [5, 5.41) is 0. The van der Waals surface area contributed by atoms with Gasteiger partial charge in [-0.25, -0.2) is 32.2 Å². The van der Waals surface area contributed by atoms with Crippen LogP contribution in [-0.2, 0) is 15.6 Å². The van der Waals surface area contributed by atoms with Crippen LogP contribution in [0.15, 0.2) is 49.2 Å². The summed E-state index contributed by atoms with van der Waals surface area (Å²) in [4.78, 5) is 15.1. The summed E-state index contributed by atoms with van der Waals surface area (Å²) in [7, 11) is -3.67. The number of hydrogen-bond acceptors (Lipinski definition) is 7. The number of likely N-dealkylation sites (tertiary alicyclic amines) is 1. The Morgan fingerprint density at radius 2 is 1.93 bits per heavy atom. The van der Waals surface area contributed by atoms with Crippen LogP contribution < -0.4 is 4.90 Å². The SMILES string of the molecule is [2H]C([2H])([2H])N(c1ccc2c(n1)c(-c1cncnc1)cn2-c1c(F)ccc(CS(=O)(=O)CCC)c1F)C1CCN(C([2H])([2H])C([2H])([2H])[2H])CC1. The molecule has 0 spiro atoms. The number of anilines is 1. The van der Waals surface area contributed by atoms with Gasteiger partial charge in [0.05, 0.1) is 22.5 Å². The molecule has 5 rings (SSSR count). The lowest BCUT2D eigenvalue weighted by Crippen LogP contribution is -2.43. The second-order valence-corrected chi connectivity index (χ2v) is 11.9. The molecule has 1 saturated heterocycles. The number of aromatic nitrogens is 4. The fourth-order valence-corrected chi connectivity index (χ4v) is 6.48. The second-order valence-electron chi connectivity index (χ2n) is 9.74. The van der Waals surface area contributed by atoms with E-state index in [-0.39, 0.29) is 54.1 Å². The first-order valence-electron chi connectivity index (χ1n) is 16.9. The quantitative estimate of drug-likeness (QED) is 0.277. The van der Waals surface area contributed by atoms with Gasteiger partial charge in [0.15, 0.2) is 15.7 Å². The van der Waals surface area contributed by atoms with Gasteiger partial charge in [-0.15, -0.1) is 0 Å². The van der Waals surface area contributed by atoms with Crippen molar-refractivity contribution in [3.05, 3.63) is 66.4 Å². The van der Waals surface area contributed by atoms with Crippen LogP contribution >= 0.6 is 0 Å². The minimum absolute atomic E-state index is 0.0102. The summed E-state index contributed by atoms with van der Waals surface area (Å²) in [5.74, 6) is -2.81. The first kappa shape index (κ1) is 19.6. The van der Waals surface area contributed by atoms with Crippen LogP contribution in [0.1, 0.15) is 49.6 Å². The molecule has 1 fully saturated rings. The van der Waals surface area contributed by atoms with E-state index in [2.05, 4.69) is 15.0 Å². The van der Waals surface area contributed by atoms with Crippen LogP contribution in [0.3, 0.4) is 0 Å².